The van der Waals surface area contributed by atoms with Crippen LogP contribution in [0.1, 0.15) is 28.8 Å². The lowest BCUT2D eigenvalue weighted by Gasteiger charge is -2.11. The first-order valence-corrected chi connectivity index (χ1v) is 8.07. The van der Waals surface area contributed by atoms with Gasteiger partial charge in [0.2, 0.25) is 0 Å². The summed E-state index contributed by atoms with van der Waals surface area (Å²) in [5.74, 6) is -0.332. The van der Waals surface area contributed by atoms with E-state index in [1.807, 2.05) is 30.3 Å². The maximum atomic E-state index is 12.3. The van der Waals surface area contributed by atoms with Gasteiger partial charge in [-0.05, 0) is 36.6 Å². The second kappa shape index (κ2) is 7.75. The molecule has 0 spiro atoms. The fraction of sp³-hybridized carbons (Fsp3) is 0.263. The van der Waals surface area contributed by atoms with Gasteiger partial charge in [-0.2, -0.15) is 0 Å². The number of nitrogens with one attached hydrogen (secondary N) is 2. The first-order valence-electron chi connectivity index (χ1n) is 8.07. The SMILES string of the molecule is O=C(NCc1ccccc1)c1cccc(NC(=O)[C@@H]2CCCO2)c1. The minimum atomic E-state index is -0.388. The van der Waals surface area contributed by atoms with Gasteiger partial charge in [-0.15, -0.1) is 0 Å². The summed E-state index contributed by atoms with van der Waals surface area (Å²) in [5.41, 5.74) is 2.15. The molecule has 0 unspecified atom stereocenters. The van der Waals surface area contributed by atoms with Crippen LogP contribution in [0.5, 0.6) is 0 Å². The molecule has 0 aromatic heterocycles. The lowest BCUT2D eigenvalue weighted by molar-refractivity contribution is -0.124. The van der Waals surface area contributed by atoms with Crippen molar-refractivity contribution in [1.82, 2.24) is 5.32 Å². The van der Waals surface area contributed by atoms with Crippen molar-refractivity contribution in [1.29, 1.82) is 0 Å². The minimum absolute atomic E-state index is 0.158. The lowest BCUT2D eigenvalue weighted by atomic mass is 10.1. The van der Waals surface area contributed by atoms with Crippen LogP contribution in [0.2, 0.25) is 0 Å². The quantitative estimate of drug-likeness (QED) is 0.888. The second-order valence-corrected chi connectivity index (χ2v) is 5.74. The zero-order valence-corrected chi connectivity index (χ0v) is 13.3. The summed E-state index contributed by atoms with van der Waals surface area (Å²) < 4.78 is 5.36. The van der Waals surface area contributed by atoms with Crippen LogP contribution in [0, 0.1) is 0 Å². The van der Waals surface area contributed by atoms with Crippen molar-refractivity contribution in [2.75, 3.05) is 11.9 Å². The molecule has 0 bridgehead atoms. The number of benzene rings is 2. The molecule has 1 aliphatic rings. The van der Waals surface area contributed by atoms with Gasteiger partial charge in [-0.3, -0.25) is 9.59 Å². The van der Waals surface area contributed by atoms with E-state index in [1.54, 1.807) is 24.3 Å². The maximum absolute atomic E-state index is 12.3. The Bertz CT molecular complexity index is 710. The molecule has 5 heteroatoms. The number of ether oxygens (including phenoxy) is 1. The topological polar surface area (TPSA) is 67.4 Å². The number of amides is 2. The summed E-state index contributed by atoms with van der Waals surface area (Å²) in [6.07, 6.45) is 1.25. The molecule has 2 aromatic rings. The molecule has 0 saturated carbocycles. The fourth-order valence-corrected chi connectivity index (χ4v) is 2.63. The molecular weight excluding hydrogens is 304 g/mol. The van der Waals surface area contributed by atoms with Crippen LogP contribution in [-0.4, -0.2) is 24.5 Å². The normalized spacial score (nSPS) is 16.6. The monoisotopic (exact) mass is 324 g/mol. The Labute approximate surface area is 141 Å². The van der Waals surface area contributed by atoms with E-state index >= 15 is 0 Å². The van der Waals surface area contributed by atoms with E-state index in [4.69, 9.17) is 4.74 Å². The van der Waals surface area contributed by atoms with Gasteiger partial charge in [0.1, 0.15) is 6.10 Å². The molecule has 2 N–H and O–H groups in total. The lowest BCUT2D eigenvalue weighted by Crippen LogP contribution is -2.27. The highest BCUT2D eigenvalue weighted by molar-refractivity contribution is 5.98. The first-order chi connectivity index (χ1) is 11.7. The van der Waals surface area contributed by atoms with Crippen LogP contribution in [0.4, 0.5) is 5.69 Å². The highest BCUT2D eigenvalue weighted by atomic mass is 16.5. The van der Waals surface area contributed by atoms with E-state index < -0.39 is 0 Å². The molecule has 2 amide bonds. The Kier molecular flexibility index (Phi) is 5.23. The van der Waals surface area contributed by atoms with Gasteiger partial charge in [0.05, 0.1) is 0 Å². The van der Waals surface area contributed by atoms with Crippen LogP contribution >= 0.6 is 0 Å². The number of anilines is 1. The molecule has 3 rings (SSSR count). The molecule has 5 nitrogen and oxygen atoms in total. The molecule has 0 aliphatic carbocycles. The van der Waals surface area contributed by atoms with Gasteiger partial charge in [0, 0.05) is 24.4 Å². The van der Waals surface area contributed by atoms with Crippen LogP contribution < -0.4 is 10.6 Å². The van der Waals surface area contributed by atoms with E-state index in [0.29, 0.717) is 24.4 Å². The van der Waals surface area contributed by atoms with Crippen molar-refractivity contribution in [3.05, 3.63) is 65.7 Å². The van der Waals surface area contributed by atoms with Crippen LogP contribution in [0.25, 0.3) is 0 Å². The Morgan fingerprint density at radius 1 is 1.08 bits per heavy atom. The smallest absolute Gasteiger partial charge is 0.253 e. The van der Waals surface area contributed by atoms with E-state index in [0.717, 1.165) is 18.4 Å². The summed E-state index contributed by atoms with van der Waals surface area (Å²) in [4.78, 5) is 24.3. The summed E-state index contributed by atoms with van der Waals surface area (Å²) in [7, 11) is 0. The van der Waals surface area contributed by atoms with E-state index in [9.17, 15) is 9.59 Å². The second-order valence-electron chi connectivity index (χ2n) is 5.74. The van der Waals surface area contributed by atoms with Crippen molar-refractivity contribution in [2.45, 2.75) is 25.5 Å². The third-order valence-corrected chi connectivity index (χ3v) is 3.91. The first kappa shape index (κ1) is 16.2. The zero-order valence-electron chi connectivity index (χ0n) is 13.3. The molecule has 124 valence electrons. The highest BCUT2D eigenvalue weighted by Gasteiger charge is 2.23. The molecule has 1 saturated heterocycles. The predicted octanol–water partition coefficient (Wildman–Crippen LogP) is 2.73. The predicted molar refractivity (Wildman–Crippen MR) is 91.7 cm³/mol. The molecule has 1 aliphatic heterocycles. The van der Waals surface area contributed by atoms with Gasteiger partial charge in [-0.25, -0.2) is 0 Å². The maximum Gasteiger partial charge on any atom is 0.253 e. The standard InChI is InChI=1S/C19H20N2O3/c22-18(20-13-14-6-2-1-3-7-14)15-8-4-9-16(12-15)21-19(23)17-10-5-11-24-17/h1-4,6-9,12,17H,5,10-11,13H2,(H,20,22)(H,21,23)/t17-/m0/s1. The molecule has 2 aromatic carbocycles. The average Bonchev–Trinajstić information content (AvgIpc) is 3.15. The summed E-state index contributed by atoms with van der Waals surface area (Å²) in [6, 6.07) is 16.6. The number of carbonyl (C=O) groups excluding carboxylic acids is 2. The van der Waals surface area contributed by atoms with Gasteiger partial charge in [-0.1, -0.05) is 36.4 Å². The van der Waals surface area contributed by atoms with E-state index in [2.05, 4.69) is 10.6 Å². The van der Waals surface area contributed by atoms with Crippen molar-refractivity contribution in [2.24, 2.45) is 0 Å². The number of hydrogen-bond acceptors (Lipinski definition) is 3. The third kappa shape index (κ3) is 4.20. The minimum Gasteiger partial charge on any atom is -0.368 e. The molecule has 1 heterocycles. The number of carbonyl (C=O) groups is 2. The Morgan fingerprint density at radius 2 is 1.92 bits per heavy atom. The Morgan fingerprint density at radius 3 is 2.67 bits per heavy atom. The Hall–Kier alpha value is -2.66. The molecule has 1 fully saturated rings. The number of rotatable bonds is 5. The summed E-state index contributed by atoms with van der Waals surface area (Å²) in [5, 5.41) is 5.68. The Balaban J connectivity index is 1.59. The van der Waals surface area contributed by atoms with E-state index in [1.165, 1.54) is 0 Å². The van der Waals surface area contributed by atoms with Crippen molar-refractivity contribution >= 4 is 17.5 Å². The number of hydrogen-bond donors (Lipinski definition) is 2. The zero-order chi connectivity index (χ0) is 16.8. The van der Waals surface area contributed by atoms with Gasteiger partial charge in [0.25, 0.3) is 11.8 Å². The fourth-order valence-electron chi connectivity index (χ4n) is 2.63. The van der Waals surface area contributed by atoms with Crippen molar-refractivity contribution in [3.8, 4) is 0 Å². The summed E-state index contributed by atoms with van der Waals surface area (Å²) >= 11 is 0. The largest absolute Gasteiger partial charge is 0.368 e. The third-order valence-electron chi connectivity index (χ3n) is 3.91. The van der Waals surface area contributed by atoms with Crippen LogP contribution in [0.15, 0.2) is 54.6 Å². The van der Waals surface area contributed by atoms with Gasteiger partial charge in [0.15, 0.2) is 0 Å². The van der Waals surface area contributed by atoms with Gasteiger partial charge < -0.3 is 15.4 Å². The van der Waals surface area contributed by atoms with Gasteiger partial charge >= 0.3 is 0 Å². The molecule has 24 heavy (non-hydrogen) atoms. The highest BCUT2D eigenvalue weighted by Crippen LogP contribution is 2.16. The van der Waals surface area contributed by atoms with Crippen LogP contribution in [-0.2, 0) is 16.1 Å². The molecular formula is C19H20N2O3. The van der Waals surface area contributed by atoms with Crippen molar-refractivity contribution in [3.63, 3.8) is 0 Å². The average molecular weight is 324 g/mol. The molecule has 0 radical (unpaired) electrons. The molecule has 1 atom stereocenters. The van der Waals surface area contributed by atoms with E-state index in [-0.39, 0.29) is 17.9 Å². The van der Waals surface area contributed by atoms with Crippen LogP contribution in [0.3, 0.4) is 0 Å². The summed E-state index contributed by atoms with van der Waals surface area (Å²) in [6.45, 7) is 1.09. The van der Waals surface area contributed by atoms with Crippen molar-refractivity contribution < 1.29 is 14.3 Å².